The summed E-state index contributed by atoms with van der Waals surface area (Å²) in [7, 11) is 0. The van der Waals surface area contributed by atoms with Crippen molar-refractivity contribution in [3.63, 3.8) is 0 Å². The Morgan fingerprint density at radius 2 is 2.39 bits per heavy atom. The van der Waals surface area contributed by atoms with Gasteiger partial charge in [0.25, 0.3) is 5.91 Å². The van der Waals surface area contributed by atoms with Gasteiger partial charge in [0.2, 0.25) is 0 Å². The first-order chi connectivity index (χ1) is 8.65. The fourth-order valence-electron chi connectivity index (χ4n) is 2.18. The van der Waals surface area contributed by atoms with Crippen molar-refractivity contribution in [2.24, 2.45) is 11.7 Å². The number of halogens is 1. The molecule has 1 unspecified atom stereocenters. The maximum atomic E-state index is 12.4. The summed E-state index contributed by atoms with van der Waals surface area (Å²) in [6.45, 7) is 2.16. The zero-order chi connectivity index (χ0) is 13.1. The minimum absolute atomic E-state index is 0.0202. The number of nitrogens with two attached hydrogens (primary N) is 1. The third kappa shape index (κ3) is 2.82. The second kappa shape index (κ2) is 5.95. The summed E-state index contributed by atoms with van der Waals surface area (Å²) in [4.78, 5) is 15.3. The summed E-state index contributed by atoms with van der Waals surface area (Å²) in [5, 5.41) is 0.522. The van der Waals surface area contributed by atoms with Crippen molar-refractivity contribution in [1.82, 2.24) is 4.90 Å². The molecule has 98 valence electrons. The molecule has 1 aromatic carbocycles. The monoisotopic (exact) mass is 284 g/mol. The molecule has 1 fully saturated rings. The van der Waals surface area contributed by atoms with Gasteiger partial charge in [0.05, 0.1) is 10.6 Å². The van der Waals surface area contributed by atoms with Gasteiger partial charge in [0.15, 0.2) is 0 Å². The molecule has 0 aliphatic carbocycles. The van der Waals surface area contributed by atoms with Crippen molar-refractivity contribution in [3.8, 4) is 0 Å². The van der Waals surface area contributed by atoms with Gasteiger partial charge < -0.3 is 10.6 Å². The first-order valence-corrected chi connectivity index (χ1v) is 7.59. The average Bonchev–Trinajstić information content (AvgIpc) is 2.87. The van der Waals surface area contributed by atoms with Crippen LogP contribution in [0.3, 0.4) is 0 Å². The summed E-state index contributed by atoms with van der Waals surface area (Å²) in [6, 6.07) is 5.58. The molecule has 0 radical (unpaired) electrons. The van der Waals surface area contributed by atoms with Crippen LogP contribution in [0.5, 0.6) is 0 Å². The summed E-state index contributed by atoms with van der Waals surface area (Å²) in [5.41, 5.74) is 6.24. The maximum absolute atomic E-state index is 12.4. The molecule has 2 rings (SSSR count). The second-order valence-corrected chi connectivity index (χ2v) is 5.77. The highest BCUT2D eigenvalue weighted by Gasteiger charge is 2.27. The van der Waals surface area contributed by atoms with Crippen molar-refractivity contribution in [3.05, 3.63) is 28.8 Å². The van der Waals surface area contributed by atoms with Gasteiger partial charge in [-0.05, 0) is 43.3 Å². The van der Waals surface area contributed by atoms with E-state index in [0.717, 1.165) is 24.4 Å². The molecule has 5 heteroatoms. The molecule has 0 aromatic heterocycles. The minimum atomic E-state index is 0.0202. The molecule has 0 bridgehead atoms. The summed E-state index contributed by atoms with van der Waals surface area (Å²) >= 11 is 7.72. The molecule has 0 saturated carbocycles. The fraction of sp³-hybridized carbons (Fsp3) is 0.462. The van der Waals surface area contributed by atoms with Crippen LogP contribution in [0.25, 0.3) is 0 Å². The van der Waals surface area contributed by atoms with E-state index < -0.39 is 0 Å². The number of likely N-dealkylation sites (tertiary alicyclic amines) is 1. The van der Waals surface area contributed by atoms with Crippen molar-refractivity contribution in [2.75, 3.05) is 25.9 Å². The van der Waals surface area contributed by atoms with Gasteiger partial charge in [0, 0.05) is 18.0 Å². The number of hydrogen-bond acceptors (Lipinski definition) is 3. The SMILES string of the molecule is CSc1ccc(Cl)c(C(=O)N2CCC(CN)C2)c1. The highest BCUT2D eigenvalue weighted by Crippen LogP contribution is 2.26. The zero-order valence-electron chi connectivity index (χ0n) is 10.4. The predicted octanol–water partition coefficient (Wildman–Crippen LogP) is 2.48. The number of nitrogens with zero attached hydrogens (tertiary/aromatic N) is 1. The maximum Gasteiger partial charge on any atom is 0.255 e. The highest BCUT2D eigenvalue weighted by atomic mass is 35.5. The number of carbonyl (C=O) groups excluding carboxylic acids is 1. The normalized spacial score (nSPS) is 19.3. The highest BCUT2D eigenvalue weighted by molar-refractivity contribution is 7.98. The van der Waals surface area contributed by atoms with E-state index in [1.54, 1.807) is 17.8 Å². The minimum Gasteiger partial charge on any atom is -0.338 e. The largest absolute Gasteiger partial charge is 0.338 e. The molecule has 18 heavy (non-hydrogen) atoms. The molecule has 1 aliphatic heterocycles. The number of hydrogen-bond donors (Lipinski definition) is 1. The molecule has 1 atom stereocenters. The van der Waals surface area contributed by atoms with Crippen molar-refractivity contribution < 1.29 is 4.79 Å². The zero-order valence-corrected chi connectivity index (χ0v) is 11.9. The second-order valence-electron chi connectivity index (χ2n) is 4.49. The first-order valence-electron chi connectivity index (χ1n) is 5.98. The van der Waals surface area contributed by atoms with Crippen LogP contribution in [0.1, 0.15) is 16.8 Å². The van der Waals surface area contributed by atoms with Crippen molar-refractivity contribution in [2.45, 2.75) is 11.3 Å². The number of thioether (sulfide) groups is 1. The number of amides is 1. The Bertz CT molecular complexity index is 453. The smallest absolute Gasteiger partial charge is 0.255 e. The van der Waals surface area contributed by atoms with E-state index in [1.165, 1.54) is 0 Å². The van der Waals surface area contributed by atoms with Crippen LogP contribution in [0.4, 0.5) is 0 Å². The number of benzene rings is 1. The van der Waals surface area contributed by atoms with E-state index in [4.69, 9.17) is 17.3 Å². The van der Waals surface area contributed by atoms with Gasteiger partial charge in [-0.1, -0.05) is 11.6 Å². The lowest BCUT2D eigenvalue weighted by Gasteiger charge is -2.17. The quantitative estimate of drug-likeness (QED) is 0.868. The lowest BCUT2D eigenvalue weighted by atomic mass is 10.1. The molecule has 2 N–H and O–H groups in total. The van der Waals surface area contributed by atoms with Crippen LogP contribution < -0.4 is 5.73 Å². The van der Waals surface area contributed by atoms with E-state index in [2.05, 4.69) is 0 Å². The van der Waals surface area contributed by atoms with Crippen LogP contribution in [-0.4, -0.2) is 36.7 Å². The molecule has 1 saturated heterocycles. The van der Waals surface area contributed by atoms with Gasteiger partial charge >= 0.3 is 0 Å². The Morgan fingerprint density at radius 1 is 1.61 bits per heavy atom. The number of rotatable bonds is 3. The van der Waals surface area contributed by atoms with E-state index >= 15 is 0 Å². The third-order valence-electron chi connectivity index (χ3n) is 3.31. The molecule has 3 nitrogen and oxygen atoms in total. The van der Waals surface area contributed by atoms with E-state index in [-0.39, 0.29) is 5.91 Å². The van der Waals surface area contributed by atoms with Crippen LogP contribution in [0, 0.1) is 5.92 Å². The molecule has 1 aromatic rings. The third-order valence-corrected chi connectivity index (χ3v) is 4.37. The molecule has 1 heterocycles. The van der Waals surface area contributed by atoms with Crippen molar-refractivity contribution in [1.29, 1.82) is 0 Å². The lowest BCUT2D eigenvalue weighted by molar-refractivity contribution is 0.0787. The van der Waals surface area contributed by atoms with Gasteiger partial charge in [-0.15, -0.1) is 11.8 Å². The Morgan fingerprint density at radius 3 is 3.00 bits per heavy atom. The van der Waals surface area contributed by atoms with Crippen molar-refractivity contribution >= 4 is 29.3 Å². The van der Waals surface area contributed by atoms with Gasteiger partial charge in [-0.3, -0.25) is 4.79 Å². The molecule has 1 amide bonds. The van der Waals surface area contributed by atoms with E-state index in [1.807, 2.05) is 23.3 Å². The molecule has 1 aliphatic rings. The Hall–Kier alpha value is -0.710. The Balaban J connectivity index is 2.18. The van der Waals surface area contributed by atoms with Gasteiger partial charge in [-0.25, -0.2) is 0 Å². The van der Waals surface area contributed by atoms with E-state index in [9.17, 15) is 4.79 Å². The van der Waals surface area contributed by atoms with Crippen LogP contribution in [0.15, 0.2) is 23.1 Å². The summed E-state index contributed by atoms with van der Waals surface area (Å²) in [6.07, 6.45) is 2.97. The molecular formula is C13H17ClN2OS. The first kappa shape index (κ1) is 13.7. The topological polar surface area (TPSA) is 46.3 Å². The van der Waals surface area contributed by atoms with Gasteiger partial charge in [-0.2, -0.15) is 0 Å². The fourth-order valence-corrected chi connectivity index (χ4v) is 2.81. The van der Waals surface area contributed by atoms with E-state index in [0.29, 0.717) is 23.0 Å². The van der Waals surface area contributed by atoms with Crippen LogP contribution in [0.2, 0.25) is 5.02 Å². The van der Waals surface area contributed by atoms with Gasteiger partial charge in [0.1, 0.15) is 0 Å². The van der Waals surface area contributed by atoms with Crippen LogP contribution >= 0.6 is 23.4 Å². The summed E-state index contributed by atoms with van der Waals surface area (Å²) < 4.78 is 0. The Kier molecular flexibility index (Phi) is 4.54. The molecule has 0 spiro atoms. The van der Waals surface area contributed by atoms with Crippen LogP contribution in [-0.2, 0) is 0 Å². The number of carbonyl (C=O) groups is 1. The lowest BCUT2D eigenvalue weighted by Crippen LogP contribution is -2.30. The molecular weight excluding hydrogens is 268 g/mol. The Labute approximate surface area is 117 Å². The standard InChI is InChI=1S/C13H17ClN2OS/c1-18-10-2-3-12(14)11(6-10)13(17)16-5-4-9(7-15)8-16/h2-3,6,9H,4-5,7-8,15H2,1H3. The summed E-state index contributed by atoms with van der Waals surface area (Å²) in [5.74, 6) is 0.448. The average molecular weight is 285 g/mol. The predicted molar refractivity (Wildman–Crippen MR) is 76.3 cm³/mol.